The van der Waals surface area contributed by atoms with E-state index in [2.05, 4.69) is 27.6 Å². The zero-order valence-corrected chi connectivity index (χ0v) is 22.9. The average molecular weight is 552 g/mol. The number of benzene rings is 1. The van der Waals surface area contributed by atoms with Gasteiger partial charge in [0.1, 0.15) is 10.6 Å². The number of sulfone groups is 1. The lowest BCUT2D eigenvalue weighted by Crippen LogP contribution is -2.46. The van der Waals surface area contributed by atoms with Crippen molar-refractivity contribution in [2.24, 2.45) is 7.05 Å². The van der Waals surface area contributed by atoms with Gasteiger partial charge < -0.3 is 20.3 Å². The number of amides is 2. The van der Waals surface area contributed by atoms with Crippen LogP contribution in [0.1, 0.15) is 44.7 Å². The SMILES string of the molecule is C[C@H]1COCCN1c1cc(C2(S(=O)(=O)C3CC3)CCC2)nc(-c2ccc(NC(=O)Nc3cnn(C)c3)cc2)n1. The summed E-state index contributed by atoms with van der Waals surface area (Å²) in [6.45, 7) is 3.93. The number of ether oxygens (including phenoxy) is 1. The molecule has 2 N–H and O–H groups in total. The Hall–Kier alpha value is -3.51. The van der Waals surface area contributed by atoms with Gasteiger partial charge in [-0.2, -0.15) is 5.10 Å². The van der Waals surface area contributed by atoms with Crippen LogP contribution in [0.3, 0.4) is 0 Å². The molecule has 0 bridgehead atoms. The van der Waals surface area contributed by atoms with Crippen LogP contribution in [0.25, 0.3) is 11.4 Å². The van der Waals surface area contributed by atoms with Gasteiger partial charge in [-0.05, 0) is 63.3 Å². The first-order chi connectivity index (χ1) is 18.7. The number of urea groups is 1. The first kappa shape index (κ1) is 25.8. The number of carbonyl (C=O) groups is 1. The second kappa shape index (κ2) is 9.91. The standard InChI is InChI=1S/C27H33N7O4S/c1-18-17-38-13-12-34(18)24-14-23(27(10-3-11-27)39(36,37)22-8-9-22)31-25(32-24)19-4-6-20(7-5-19)29-26(35)30-21-15-28-33(2)16-21/h4-7,14-16,18,22H,3,8-13,17H2,1-2H3,(H2,29,30,35)/t18-/m0/s1. The molecule has 2 amide bonds. The van der Waals surface area contributed by atoms with Gasteiger partial charge in [-0.3, -0.25) is 4.68 Å². The quantitative estimate of drug-likeness (QED) is 0.454. The van der Waals surface area contributed by atoms with Crippen LogP contribution in [0.15, 0.2) is 42.7 Å². The Balaban J connectivity index is 1.32. The number of nitrogens with zero attached hydrogens (tertiary/aromatic N) is 5. The Bertz CT molecular complexity index is 1480. The Labute approximate surface area is 227 Å². The van der Waals surface area contributed by atoms with Crippen molar-refractivity contribution >= 4 is 33.1 Å². The Morgan fingerprint density at radius 2 is 1.85 bits per heavy atom. The van der Waals surface area contributed by atoms with Crippen molar-refractivity contribution in [1.29, 1.82) is 0 Å². The Kier molecular flexibility index (Phi) is 6.54. The maximum absolute atomic E-state index is 13.6. The lowest BCUT2D eigenvalue weighted by atomic mass is 9.81. The van der Waals surface area contributed by atoms with Crippen LogP contribution < -0.4 is 15.5 Å². The number of hydrogen-bond donors (Lipinski definition) is 2. The van der Waals surface area contributed by atoms with E-state index in [0.29, 0.717) is 55.5 Å². The predicted octanol–water partition coefficient (Wildman–Crippen LogP) is 3.70. The van der Waals surface area contributed by atoms with E-state index in [9.17, 15) is 13.2 Å². The number of anilines is 3. The van der Waals surface area contributed by atoms with Crippen LogP contribution >= 0.6 is 0 Å². The minimum Gasteiger partial charge on any atom is -0.377 e. The Morgan fingerprint density at radius 3 is 2.46 bits per heavy atom. The maximum Gasteiger partial charge on any atom is 0.323 e. The molecular weight excluding hydrogens is 518 g/mol. The number of aromatic nitrogens is 4. The lowest BCUT2D eigenvalue weighted by molar-refractivity contribution is 0.0985. The highest BCUT2D eigenvalue weighted by atomic mass is 32.2. The minimum atomic E-state index is -3.34. The average Bonchev–Trinajstić information content (AvgIpc) is 3.67. The molecule has 11 nitrogen and oxygen atoms in total. The van der Waals surface area contributed by atoms with Gasteiger partial charge in [0, 0.05) is 37.1 Å². The van der Waals surface area contributed by atoms with E-state index in [1.807, 2.05) is 18.2 Å². The number of rotatable bonds is 7. The van der Waals surface area contributed by atoms with E-state index in [1.54, 1.807) is 36.3 Å². The molecule has 0 unspecified atom stereocenters. The van der Waals surface area contributed by atoms with Crippen LogP contribution in [0.4, 0.5) is 22.0 Å². The summed E-state index contributed by atoms with van der Waals surface area (Å²) >= 11 is 0. The topological polar surface area (TPSA) is 131 Å². The molecule has 1 aromatic carbocycles. The van der Waals surface area contributed by atoms with Gasteiger partial charge in [-0.1, -0.05) is 0 Å². The normalized spacial score (nSPS) is 20.8. The molecule has 2 aliphatic carbocycles. The lowest BCUT2D eigenvalue weighted by Gasteiger charge is -2.41. The third kappa shape index (κ3) is 4.87. The van der Waals surface area contributed by atoms with Gasteiger partial charge in [0.05, 0.1) is 42.1 Å². The zero-order chi connectivity index (χ0) is 27.2. The van der Waals surface area contributed by atoms with E-state index in [4.69, 9.17) is 14.7 Å². The fraction of sp³-hybridized carbons (Fsp3) is 0.481. The third-order valence-corrected chi connectivity index (χ3v) is 10.9. The molecule has 3 heterocycles. The summed E-state index contributed by atoms with van der Waals surface area (Å²) < 4.78 is 33.6. The van der Waals surface area contributed by atoms with Crippen LogP contribution in [-0.2, 0) is 26.4 Å². The molecule has 6 rings (SSSR count). The van der Waals surface area contributed by atoms with E-state index >= 15 is 0 Å². The number of morpholine rings is 1. The number of carbonyl (C=O) groups excluding carboxylic acids is 1. The first-order valence-electron chi connectivity index (χ1n) is 13.4. The molecule has 39 heavy (non-hydrogen) atoms. The van der Waals surface area contributed by atoms with Crippen molar-refractivity contribution in [1.82, 2.24) is 19.7 Å². The number of nitrogens with one attached hydrogen (secondary N) is 2. The maximum atomic E-state index is 13.6. The van der Waals surface area contributed by atoms with Crippen molar-refractivity contribution in [2.75, 3.05) is 35.3 Å². The van der Waals surface area contributed by atoms with E-state index in [0.717, 1.165) is 30.6 Å². The summed E-state index contributed by atoms with van der Waals surface area (Å²) in [5.41, 5.74) is 2.53. The molecule has 0 radical (unpaired) electrons. The molecule has 3 aromatic rings. The monoisotopic (exact) mass is 551 g/mol. The van der Waals surface area contributed by atoms with Crippen molar-refractivity contribution in [3.63, 3.8) is 0 Å². The molecule has 2 aromatic heterocycles. The highest BCUT2D eigenvalue weighted by Gasteiger charge is 2.57. The summed E-state index contributed by atoms with van der Waals surface area (Å²) in [5, 5.41) is 9.33. The van der Waals surface area contributed by atoms with E-state index in [1.165, 1.54) is 0 Å². The second-order valence-electron chi connectivity index (χ2n) is 10.7. The minimum absolute atomic E-state index is 0.108. The molecule has 1 atom stereocenters. The molecule has 12 heteroatoms. The fourth-order valence-corrected chi connectivity index (χ4v) is 8.02. The number of hydrogen-bond acceptors (Lipinski definition) is 8. The van der Waals surface area contributed by atoms with Gasteiger partial charge in [0.15, 0.2) is 15.7 Å². The second-order valence-corrected chi connectivity index (χ2v) is 13.2. The van der Waals surface area contributed by atoms with Crippen molar-refractivity contribution in [2.45, 2.75) is 55.1 Å². The van der Waals surface area contributed by atoms with Gasteiger partial charge >= 0.3 is 6.03 Å². The molecule has 1 aliphatic heterocycles. The highest BCUT2D eigenvalue weighted by molar-refractivity contribution is 7.93. The predicted molar refractivity (Wildman–Crippen MR) is 148 cm³/mol. The van der Waals surface area contributed by atoms with Gasteiger partial charge in [-0.25, -0.2) is 23.2 Å². The van der Waals surface area contributed by atoms with Gasteiger partial charge in [0.25, 0.3) is 0 Å². The highest BCUT2D eigenvalue weighted by Crippen LogP contribution is 2.53. The molecule has 2 saturated carbocycles. The van der Waals surface area contributed by atoms with Crippen LogP contribution in [0, 0.1) is 0 Å². The van der Waals surface area contributed by atoms with Crippen molar-refractivity contribution < 1.29 is 17.9 Å². The molecule has 0 spiro atoms. The summed E-state index contributed by atoms with van der Waals surface area (Å²) in [6.07, 6.45) is 6.80. The smallest absolute Gasteiger partial charge is 0.323 e. The fourth-order valence-electron chi connectivity index (χ4n) is 5.38. The first-order valence-corrected chi connectivity index (χ1v) is 14.9. The summed E-state index contributed by atoms with van der Waals surface area (Å²) in [6, 6.07) is 8.87. The molecule has 206 valence electrons. The molecule has 3 aliphatic rings. The van der Waals surface area contributed by atoms with Crippen molar-refractivity contribution in [3.8, 4) is 11.4 Å². The summed E-state index contributed by atoms with van der Waals surface area (Å²) in [7, 11) is -1.57. The molecule has 1 saturated heterocycles. The van der Waals surface area contributed by atoms with E-state index in [-0.39, 0.29) is 17.3 Å². The third-order valence-electron chi connectivity index (χ3n) is 7.87. The summed E-state index contributed by atoms with van der Waals surface area (Å²) in [5.74, 6) is 1.20. The zero-order valence-electron chi connectivity index (χ0n) is 22.1. The van der Waals surface area contributed by atoms with E-state index < -0.39 is 14.6 Å². The van der Waals surface area contributed by atoms with Crippen LogP contribution in [0.2, 0.25) is 0 Å². The van der Waals surface area contributed by atoms with Crippen LogP contribution in [0.5, 0.6) is 0 Å². The Morgan fingerprint density at radius 1 is 1.10 bits per heavy atom. The van der Waals surface area contributed by atoms with Gasteiger partial charge in [-0.15, -0.1) is 0 Å². The van der Waals surface area contributed by atoms with Crippen molar-refractivity contribution in [3.05, 3.63) is 48.4 Å². The molecule has 3 fully saturated rings. The van der Waals surface area contributed by atoms with Crippen LogP contribution in [-0.4, -0.2) is 65.2 Å². The largest absolute Gasteiger partial charge is 0.377 e. The molecular formula is C27H33N7O4S. The number of aryl methyl sites for hydroxylation is 1. The van der Waals surface area contributed by atoms with Gasteiger partial charge in [0.2, 0.25) is 0 Å². The summed E-state index contributed by atoms with van der Waals surface area (Å²) in [4.78, 5) is 24.3.